The number of aliphatic hydroxyl groups excluding tert-OH is 1. The molecule has 1 aromatic carbocycles. The minimum absolute atomic E-state index is 0.0673. The molecule has 128 valence electrons. The average molecular weight is 334 g/mol. The Morgan fingerprint density at radius 1 is 1.29 bits per heavy atom. The molecule has 1 fully saturated rings. The van der Waals surface area contributed by atoms with Crippen LogP contribution < -0.4 is 14.4 Å². The van der Waals surface area contributed by atoms with Crippen molar-refractivity contribution in [3.8, 4) is 11.5 Å². The van der Waals surface area contributed by atoms with Gasteiger partial charge in [0.15, 0.2) is 17.7 Å². The average Bonchev–Trinajstić information content (AvgIpc) is 2.92. The van der Waals surface area contributed by atoms with Crippen LogP contribution in [0.4, 0.5) is 10.5 Å². The minimum atomic E-state index is -1.40. The Kier molecular flexibility index (Phi) is 3.84. The monoisotopic (exact) mass is 334 g/mol. The van der Waals surface area contributed by atoms with E-state index in [1.165, 1.54) is 31.3 Å². The van der Waals surface area contributed by atoms with Gasteiger partial charge in [0.2, 0.25) is 0 Å². The summed E-state index contributed by atoms with van der Waals surface area (Å²) in [5.74, 6) is 0.201. The van der Waals surface area contributed by atoms with E-state index in [0.29, 0.717) is 12.2 Å². The molecule has 8 nitrogen and oxygen atoms in total. The Labute approximate surface area is 138 Å². The molecule has 2 N–H and O–H groups in total. The number of aliphatic hydroxyl groups is 1. The molecule has 2 heterocycles. The number of rotatable bonds is 2. The quantitative estimate of drug-likeness (QED) is 0.791. The fraction of sp³-hybridized carbons (Fsp3) is 0.375. The lowest BCUT2D eigenvalue weighted by atomic mass is 10.1. The van der Waals surface area contributed by atoms with Crippen LogP contribution in [0.5, 0.6) is 11.5 Å². The third-order valence-electron chi connectivity index (χ3n) is 4.36. The van der Waals surface area contributed by atoms with Crippen molar-refractivity contribution in [3.05, 3.63) is 29.8 Å². The van der Waals surface area contributed by atoms with Gasteiger partial charge in [0, 0.05) is 12.6 Å². The highest BCUT2D eigenvalue weighted by atomic mass is 16.5. The summed E-state index contributed by atoms with van der Waals surface area (Å²) in [4.78, 5) is 26.9. The fourth-order valence-corrected chi connectivity index (χ4v) is 3.24. The van der Waals surface area contributed by atoms with E-state index in [2.05, 4.69) is 6.58 Å². The van der Waals surface area contributed by atoms with Crippen LogP contribution in [0.3, 0.4) is 0 Å². The number of nitrogens with zero attached hydrogens (tertiary/aromatic N) is 2. The highest BCUT2D eigenvalue weighted by Gasteiger charge is 2.45. The number of anilines is 1. The van der Waals surface area contributed by atoms with E-state index < -0.39 is 18.4 Å². The predicted molar refractivity (Wildman–Crippen MR) is 84.6 cm³/mol. The molecule has 1 saturated heterocycles. The number of ether oxygens (including phenoxy) is 2. The molecule has 2 amide bonds. The first-order chi connectivity index (χ1) is 11.4. The van der Waals surface area contributed by atoms with Crippen molar-refractivity contribution < 1.29 is 29.3 Å². The minimum Gasteiger partial charge on any atom is -0.493 e. The third-order valence-corrected chi connectivity index (χ3v) is 4.36. The van der Waals surface area contributed by atoms with Crippen LogP contribution in [0.1, 0.15) is 16.8 Å². The van der Waals surface area contributed by atoms with Crippen LogP contribution in [0.25, 0.3) is 0 Å². The topological polar surface area (TPSA) is 99.5 Å². The maximum atomic E-state index is 12.9. The molecule has 0 bridgehead atoms. The number of benzene rings is 1. The molecule has 24 heavy (non-hydrogen) atoms. The lowest BCUT2D eigenvalue weighted by Crippen LogP contribution is -2.50. The van der Waals surface area contributed by atoms with E-state index in [0.717, 1.165) is 10.5 Å². The molecular formula is C16H18N2O6. The molecule has 0 aliphatic carbocycles. The second-order valence-electron chi connectivity index (χ2n) is 5.75. The van der Waals surface area contributed by atoms with Gasteiger partial charge in [0.25, 0.3) is 5.91 Å². The van der Waals surface area contributed by atoms with Crippen molar-refractivity contribution >= 4 is 17.7 Å². The van der Waals surface area contributed by atoms with Gasteiger partial charge in [0.05, 0.1) is 31.5 Å². The van der Waals surface area contributed by atoms with E-state index in [1.54, 1.807) is 0 Å². The lowest BCUT2D eigenvalue weighted by molar-refractivity contribution is 0.0511. The van der Waals surface area contributed by atoms with Gasteiger partial charge in [0.1, 0.15) is 0 Å². The van der Waals surface area contributed by atoms with Gasteiger partial charge in [-0.3, -0.25) is 4.79 Å². The maximum absolute atomic E-state index is 12.9. The van der Waals surface area contributed by atoms with E-state index in [9.17, 15) is 19.8 Å². The standard InChI is InChI=1S/C16H18N2O6/c1-8-4-11-15(20)18(16(21)22)10-6-13(24-3)12(23-2)5-9(10)14(19)17(11)7-8/h5-6,11,15,20H,1,4,7H2,2-3H3,(H,21,22). The summed E-state index contributed by atoms with van der Waals surface area (Å²) in [5, 5.41) is 20.2. The molecule has 0 saturated carbocycles. The summed E-state index contributed by atoms with van der Waals surface area (Å²) < 4.78 is 10.4. The second-order valence-corrected chi connectivity index (χ2v) is 5.75. The summed E-state index contributed by atoms with van der Waals surface area (Å²) >= 11 is 0. The number of carbonyl (C=O) groups excluding carboxylic acids is 1. The number of hydrogen-bond acceptors (Lipinski definition) is 5. The number of fused-ring (bicyclic) bond motifs is 2. The normalized spacial score (nSPS) is 22.8. The highest BCUT2D eigenvalue weighted by Crippen LogP contribution is 2.41. The summed E-state index contributed by atoms with van der Waals surface area (Å²) in [6.07, 6.45) is -2.41. The van der Waals surface area contributed by atoms with Crippen LogP contribution >= 0.6 is 0 Å². The Balaban J connectivity index is 2.24. The van der Waals surface area contributed by atoms with E-state index >= 15 is 0 Å². The highest BCUT2D eigenvalue weighted by molar-refractivity contribution is 6.05. The zero-order chi connectivity index (χ0) is 17.6. The number of amides is 2. The number of carboxylic acid groups (broad SMARTS) is 1. The zero-order valence-corrected chi connectivity index (χ0v) is 13.4. The first-order valence-electron chi connectivity index (χ1n) is 7.33. The molecule has 2 aliphatic heterocycles. The predicted octanol–water partition coefficient (Wildman–Crippen LogP) is 1.29. The van der Waals surface area contributed by atoms with Gasteiger partial charge in [-0.25, -0.2) is 9.69 Å². The van der Waals surface area contributed by atoms with E-state index in [-0.39, 0.29) is 29.5 Å². The van der Waals surface area contributed by atoms with Crippen LogP contribution in [-0.4, -0.2) is 60.1 Å². The summed E-state index contributed by atoms with van der Waals surface area (Å²) in [7, 11) is 2.84. The van der Waals surface area contributed by atoms with Crippen molar-refractivity contribution in [1.29, 1.82) is 0 Å². The fourth-order valence-electron chi connectivity index (χ4n) is 3.24. The van der Waals surface area contributed by atoms with Crippen LogP contribution in [0, 0.1) is 0 Å². The molecule has 0 aromatic heterocycles. The molecular weight excluding hydrogens is 316 g/mol. The van der Waals surface area contributed by atoms with Crippen molar-refractivity contribution in [2.24, 2.45) is 0 Å². The SMILES string of the molecule is C=C1CC2C(O)N(C(=O)O)c3cc(OC)c(OC)cc3C(=O)N2C1. The Morgan fingerprint density at radius 3 is 2.50 bits per heavy atom. The smallest absolute Gasteiger partial charge is 0.414 e. The molecule has 0 radical (unpaired) electrons. The molecule has 0 spiro atoms. The number of methoxy groups -OCH3 is 2. The van der Waals surface area contributed by atoms with Gasteiger partial charge >= 0.3 is 6.09 Å². The van der Waals surface area contributed by atoms with Crippen molar-refractivity contribution in [2.45, 2.75) is 18.7 Å². The van der Waals surface area contributed by atoms with Crippen LogP contribution in [0.15, 0.2) is 24.3 Å². The molecule has 2 atom stereocenters. The van der Waals surface area contributed by atoms with Gasteiger partial charge in [-0.05, 0) is 12.5 Å². The molecule has 2 unspecified atom stereocenters. The molecule has 8 heteroatoms. The Hall–Kier alpha value is -2.74. The van der Waals surface area contributed by atoms with Crippen LogP contribution in [0.2, 0.25) is 0 Å². The first kappa shape index (κ1) is 16.1. The van der Waals surface area contributed by atoms with E-state index in [4.69, 9.17) is 9.47 Å². The maximum Gasteiger partial charge on any atom is 0.414 e. The number of hydrogen-bond donors (Lipinski definition) is 2. The van der Waals surface area contributed by atoms with Gasteiger partial charge in [-0.15, -0.1) is 0 Å². The molecule has 3 rings (SSSR count). The Bertz CT molecular complexity index is 732. The van der Waals surface area contributed by atoms with Gasteiger partial charge < -0.3 is 24.6 Å². The third kappa shape index (κ3) is 2.26. The summed E-state index contributed by atoms with van der Waals surface area (Å²) in [6.45, 7) is 4.13. The molecule has 2 aliphatic rings. The largest absolute Gasteiger partial charge is 0.493 e. The van der Waals surface area contributed by atoms with Gasteiger partial charge in [-0.2, -0.15) is 0 Å². The Morgan fingerprint density at radius 2 is 1.92 bits per heavy atom. The number of carbonyl (C=O) groups is 2. The van der Waals surface area contributed by atoms with Crippen LogP contribution in [-0.2, 0) is 0 Å². The van der Waals surface area contributed by atoms with Gasteiger partial charge in [-0.1, -0.05) is 12.2 Å². The first-order valence-corrected chi connectivity index (χ1v) is 7.33. The zero-order valence-electron chi connectivity index (χ0n) is 13.4. The van der Waals surface area contributed by atoms with Crippen molar-refractivity contribution in [1.82, 2.24) is 4.90 Å². The van der Waals surface area contributed by atoms with Crippen molar-refractivity contribution in [3.63, 3.8) is 0 Å². The summed E-state index contributed by atoms with van der Waals surface area (Å²) in [6, 6.07) is 2.15. The summed E-state index contributed by atoms with van der Waals surface area (Å²) in [5.41, 5.74) is 0.964. The molecule has 1 aromatic rings. The second kappa shape index (κ2) is 5.72. The van der Waals surface area contributed by atoms with Crippen molar-refractivity contribution in [2.75, 3.05) is 25.7 Å². The van der Waals surface area contributed by atoms with E-state index in [1.807, 2.05) is 0 Å². The lowest BCUT2D eigenvalue weighted by Gasteiger charge is -2.30.